The van der Waals surface area contributed by atoms with E-state index in [-0.39, 0.29) is 17.8 Å². The first-order chi connectivity index (χ1) is 17.3. The predicted octanol–water partition coefficient (Wildman–Crippen LogP) is 4.23. The van der Waals surface area contributed by atoms with Crippen LogP contribution in [0.1, 0.15) is 27.7 Å². The summed E-state index contributed by atoms with van der Waals surface area (Å²) < 4.78 is 47.0. The smallest absolute Gasteiger partial charge is 0.406 e. The molecule has 1 fully saturated rings. The van der Waals surface area contributed by atoms with Gasteiger partial charge >= 0.3 is 6.36 Å². The monoisotopic (exact) mass is 501 g/mol. The molecular formula is C25H26F3N5O3. The number of hydrogen-bond donors (Lipinski definition) is 2. The normalized spacial score (nSPS) is 16.4. The number of halogens is 3. The van der Waals surface area contributed by atoms with Crippen LogP contribution in [0.5, 0.6) is 5.75 Å². The van der Waals surface area contributed by atoms with E-state index in [1.165, 1.54) is 30.6 Å². The molecular weight excluding hydrogens is 475 g/mol. The quantitative estimate of drug-likeness (QED) is 0.478. The molecule has 11 heteroatoms. The third-order valence-electron chi connectivity index (χ3n) is 5.68. The van der Waals surface area contributed by atoms with E-state index in [9.17, 15) is 18.0 Å². The van der Waals surface area contributed by atoms with E-state index in [0.717, 1.165) is 17.8 Å². The fourth-order valence-electron chi connectivity index (χ4n) is 3.88. The summed E-state index contributed by atoms with van der Waals surface area (Å²) in [6, 6.07) is 14.5. The van der Waals surface area contributed by atoms with E-state index in [0.29, 0.717) is 43.3 Å². The minimum absolute atomic E-state index is 0.110. The maximum atomic E-state index is 12.4. The van der Waals surface area contributed by atoms with E-state index in [4.69, 9.17) is 4.74 Å². The summed E-state index contributed by atoms with van der Waals surface area (Å²) in [5, 5.41) is 6.05. The van der Waals surface area contributed by atoms with Crippen LogP contribution in [0.2, 0.25) is 0 Å². The summed E-state index contributed by atoms with van der Waals surface area (Å²) >= 11 is 0. The lowest BCUT2D eigenvalue weighted by molar-refractivity contribution is -0.274. The molecule has 2 heterocycles. The zero-order valence-electron chi connectivity index (χ0n) is 19.6. The van der Waals surface area contributed by atoms with Gasteiger partial charge in [-0.25, -0.2) is 9.97 Å². The Hall–Kier alpha value is -3.70. The van der Waals surface area contributed by atoms with Crippen LogP contribution in [-0.4, -0.2) is 59.9 Å². The Morgan fingerprint density at radius 2 is 1.89 bits per heavy atom. The number of hydrogen-bond acceptors (Lipinski definition) is 7. The molecule has 2 aromatic carbocycles. The van der Waals surface area contributed by atoms with Gasteiger partial charge < -0.3 is 20.1 Å². The van der Waals surface area contributed by atoms with Crippen molar-refractivity contribution in [2.45, 2.75) is 19.4 Å². The van der Waals surface area contributed by atoms with E-state index in [2.05, 4.69) is 30.2 Å². The maximum Gasteiger partial charge on any atom is 0.573 e. The topological polar surface area (TPSA) is 88.6 Å². The highest BCUT2D eigenvalue weighted by atomic mass is 19.4. The fraction of sp³-hybridized carbons (Fsp3) is 0.320. The summed E-state index contributed by atoms with van der Waals surface area (Å²) in [5.41, 5.74) is 2.68. The third kappa shape index (κ3) is 6.92. The van der Waals surface area contributed by atoms with Crippen molar-refractivity contribution in [2.24, 2.45) is 0 Å². The standard InChI is InChI=1S/C25H26F3N5O3/c1-17-22(30-16-31-23(17)32-19-7-9-20(10-8-19)36-25(26,27)28)21-15-33(13-14-35-21)12-11-29-24(34)18-5-3-2-4-6-18/h2-10,16,21H,11-15H2,1H3,(H,29,34)(H,30,31,32). The van der Waals surface area contributed by atoms with E-state index in [1.807, 2.05) is 25.1 Å². The molecule has 0 aliphatic carbocycles. The lowest BCUT2D eigenvalue weighted by Crippen LogP contribution is -2.43. The molecule has 0 spiro atoms. The number of ether oxygens (including phenoxy) is 2. The number of morpholine rings is 1. The molecule has 0 radical (unpaired) electrons. The van der Waals surface area contributed by atoms with Gasteiger partial charge in [0, 0.05) is 43.0 Å². The van der Waals surface area contributed by atoms with Crippen LogP contribution < -0.4 is 15.4 Å². The van der Waals surface area contributed by atoms with Crippen LogP contribution in [0.15, 0.2) is 60.9 Å². The molecule has 4 rings (SSSR count). The van der Waals surface area contributed by atoms with Gasteiger partial charge in [-0.1, -0.05) is 18.2 Å². The van der Waals surface area contributed by atoms with Gasteiger partial charge in [0.05, 0.1) is 12.3 Å². The van der Waals surface area contributed by atoms with E-state index >= 15 is 0 Å². The molecule has 0 bridgehead atoms. The number of rotatable bonds is 8. The highest BCUT2D eigenvalue weighted by Gasteiger charge is 2.31. The zero-order valence-corrected chi connectivity index (χ0v) is 19.6. The Morgan fingerprint density at radius 1 is 1.14 bits per heavy atom. The first kappa shape index (κ1) is 25.4. The second kappa shape index (κ2) is 11.4. The van der Waals surface area contributed by atoms with Crippen LogP contribution in [0.3, 0.4) is 0 Å². The number of amides is 1. The summed E-state index contributed by atoms with van der Waals surface area (Å²) in [6.07, 6.45) is -3.60. The van der Waals surface area contributed by atoms with Crippen molar-refractivity contribution in [3.8, 4) is 5.75 Å². The molecule has 2 N–H and O–H groups in total. The van der Waals surface area contributed by atoms with Crippen molar-refractivity contribution in [1.82, 2.24) is 20.2 Å². The summed E-state index contributed by atoms with van der Waals surface area (Å²) in [5.74, 6) is 0.116. The van der Waals surface area contributed by atoms with Crippen LogP contribution in [-0.2, 0) is 4.74 Å². The van der Waals surface area contributed by atoms with Crippen LogP contribution in [0.25, 0.3) is 0 Å². The Kier molecular flexibility index (Phi) is 8.01. The molecule has 8 nitrogen and oxygen atoms in total. The second-order valence-electron chi connectivity index (χ2n) is 8.21. The predicted molar refractivity (Wildman–Crippen MR) is 127 cm³/mol. The molecule has 190 valence electrons. The first-order valence-corrected chi connectivity index (χ1v) is 11.4. The Balaban J connectivity index is 1.34. The Morgan fingerprint density at radius 3 is 2.61 bits per heavy atom. The Labute approximate surface area is 206 Å². The number of carbonyl (C=O) groups is 1. The van der Waals surface area contributed by atoms with Crippen LogP contribution >= 0.6 is 0 Å². The number of nitrogens with zero attached hydrogens (tertiary/aromatic N) is 3. The molecule has 1 aliphatic heterocycles. The number of anilines is 2. The molecule has 1 atom stereocenters. The van der Waals surface area contributed by atoms with Crippen molar-refractivity contribution in [2.75, 3.05) is 38.1 Å². The number of carbonyl (C=O) groups excluding carboxylic acids is 1. The van der Waals surface area contributed by atoms with Gasteiger partial charge in [-0.05, 0) is 43.3 Å². The lowest BCUT2D eigenvalue weighted by Gasteiger charge is -2.33. The molecule has 36 heavy (non-hydrogen) atoms. The van der Waals surface area contributed by atoms with Gasteiger partial charge in [-0.2, -0.15) is 0 Å². The summed E-state index contributed by atoms with van der Waals surface area (Å²) in [7, 11) is 0. The molecule has 1 unspecified atom stereocenters. The molecule has 1 amide bonds. The van der Waals surface area contributed by atoms with Crippen molar-refractivity contribution in [3.05, 3.63) is 77.7 Å². The molecule has 1 aromatic heterocycles. The van der Waals surface area contributed by atoms with Gasteiger partial charge in [0.15, 0.2) is 0 Å². The highest BCUT2D eigenvalue weighted by molar-refractivity contribution is 5.94. The van der Waals surface area contributed by atoms with Crippen molar-refractivity contribution in [3.63, 3.8) is 0 Å². The summed E-state index contributed by atoms with van der Waals surface area (Å²) in [4.78, 5) is 23.2. The number of nitrogens with one attached hydrogen (secondary N) is 2. The number of benzene rings is 2. The number of aromatic nitrogens is 2. The zero-order chi connectivity index (χ0) is 25.5. The average Bonchev–Trinajstić information content (AvgIpc) is 2.86. The van der Waals surface area contributed by atoms with E-state index in [1.54, 1.807) is 12.1 Å². The molecule has 3 aromatic rings. The number of alkyl halides is 3. The minimum atomic E-state index is -4.74. The SMILES string of the molecule is Cc1c(Nc2ccc(OC(F)(F)F)cc2)ncnc1C1CN(CCNC(=O)c2ccccc2)CCO1. The van der Waals surface area contributed by atoms with Gasteiger partial charge in [-0.15, -0.1) is 13.2 Å². The second-order valence-corrected chi connectivity index (χ2v) is 8.21. The van der Waals surface area contributed by atoms with E-state index < -0.39 is 6.36 Å². The van der Waals surface area contributed by atoms with Gasteiger partial charge in [0.25, 0.3) is 5.91 Å². The summed E-state index contributed by atoms with van der Waals surface area (Å²) in [6.45, 7) is 4.89. The van der Waals surface area contributed by atoms with Gasteiger partial charge in [0.2, 0.25) is 0 Å². The first-order valence-electron chi connectivity index (χ1n) is 11.4. The molecule has 1 saturated heterocycles. The highest BCUT2D eigenvalue weighted by Crippen LogP contribution is 2.29. The Bertz CT molecular complexity index is 1160. The van der Waals surface area contributed by atoms with Crippen LogP contribution in [0, 0.1) is 6.92 Å². The fourth-order valence-corrected chi connectivity index (χ4v) is 3.88. The van der Waals surface area contributed by atoms with Gasteiger partial charge in [0.1, 0.15) is 24.0 Å². The van der Waals surface area contributed by atoms with Gasteiger partial charge in [-0.3, -0.25) is 9.69 Å². The minimum Gasteiger partial charge on any atom is -0.406 e. The van der Waals surface area contributed by atoms with Crippen molar-refractivity contribution >= 4 is 17.4 Å². The maximum absolute atomic E-state index is 12.4. The largest absolute Gasteiger partial charge is 0.573 e. The molecule has 1 aliphatic rings. The lowest BCUT2D eigenvalue weighted by atomic mass is 10.1. The van der Waals surface area contributed by atoms with Crippen LogP contribution in [0.4, 0.5) is 24.7 Å². The van der Waals surface area contributed by atoms with Crippen molar-refractivity contribution in [1.29, 1.82) is 0 Å². The average molecular weight is 502 g/mol. The molecule has 0 saturated carbocycles. The van der Waals surface area contributed by atoms with Crippen molar-refractivity contribution < 1.29 is 27.4 Å². The third-order valence-corrected chi connectivity index (χ3v) is 5.68.